The zero-order chi connectivity index (χ0) is 12.8. The molecule has 1 fully saturated rings. The van der Waals surface area contributed by atoms with E-state index in [2.05, 4.69) is 0 Å². The fraction of sp³-hybridized carbons (Fsp3) is 0.833. The Morgan fingerprint density at radius 3 is 2.53 bits per heavy atom. The van der Waals surface area contributed by atoms with Gasteiger partial charge in [0.2, 0.25) is 5.91 Å². The van der Waals surface area contributed by atoms with Crippen LogP contribution in [0.3, 0.4) is 0 Å². The van der Waals surface area contributed by atoms with E-state index in [0.717, 1.165) is 6.42 Å². The predicted molar refractivity (Wildman–Crippen MR) is 62.6 cm³/mol. The summed E-state index contributed by atoms with van der Waals surface area (Å²) in [5.41, 5.74) is 0. The first-order chi connectivity index (χ1) is 8.11. The van der Waals surface area contributed by atoms with E-state index in [1.165, 1.54) is 0 Å². The summed E-state index contributed by atoms with van der Waals surface area (Å²) in [5, 5.41) is 9.07. The molecule has 5 heteroatoms. The zero-order valence-corrected chi connectivity index (χ0v) is 10.5. The molecule has 1 N–H and O–H groups in total. The van der Waals surface area contributed by atoms with Gasteiger partial charge < -0.3 is 14.7 Å². The molecule has 0 aromatic carbocycles. The Morgan fingerprint density at radius 1 is 1.35 bits per heavy atom. The summed E-state index contributed by atoms with van der Waals surface area (Å²) in [6.07, 6.45) is 2.14. The van der Waals surface area contributed by atoms with Gasteiger partial charge in [0.1, 0.15) is 0 Å². The Kier molecular flexibility index (Phi) is 5.41. The van der Waals surface area contributed by atoms with Gasteiger partial charge >= 0.3 is 5.97 Å². The topological polar surface area (TPSA) is 66.8 Å². The minimum Gasteiger partial charge on any atom is -0.481 e. The molecule has 1 rings (SSSR count). The third-order valence-electron chi connectivity index (χ3n) is 3.41. The first-order valence-corrected chi connectivity index (χ1v) is 6.12. The average Bonchev–Trinajstić information content (AvgIpc) is 2.78. The number of carbonyl (C=O) groups is 2. The molecule has 0 saturated heterocycles. The molecule has 98 valence electrons. The smallest absolute Gasteiger partial charge is 0.307 e. The molecule has 5 nitrogen and oxygen atoms in total. The number of rotatable bonds is 6. The van der Waals surface area contributed by atoms with Gasteiger partial charge in [0.15, 0.2) is 0 Å². The maximum absolute atomic E-state index is 12.2. The van der Waals surface area contributed by atoms with Crippen LogP contribution in [0.2, 0.25) is 0 Å². The van der Waals surface area contributed by atoms with E-state index in [1.54, 1.807) is 12.0 Å². The molecule has 17 heavy (non-hydrogen) atoms. The van der Waals surface area contributed by atoms with E-state index in [1.807, 2.05) is 6.92 Å². The highest BCUT2D eigenvalue weighted by Crippen LogP contribution is 2.33. The van der Waals surface area contributed by atoms with Gasteiger partial charge in [0.05, 0.1) is 18.4 Å². The SMILES string of the molecule is CCN(CCOC)C(=O)C1CCCC1C(=O)O. The van der Waals surface area contributed by atoms with Crippen LogP contribution in [0.5, 0.6) is 0 Å². The van der Waals surface area contributed by atoms with Crippen molar-refractivity contribution < 1.29 is 19.4 Å². The highest BCUT2D eigenvalue weighted by atomic mass is 16.5. The molecule has 0 heterocycles. The Balaban J connectivity index is 2.63. The summed E-state index contributed by atoms with van der Waals surface area (Å²) >= 11 is 0. The van der Waals surface area contributed by atoms with Crippen LogP contribution < -0.4 is 0 Å². The van der Waals surface area contributed by atoms with Crippen molar-refractivity contribution in [1.29, 1.82) is 0 Å². The summed E-state index contributed by atoms with van der Waals surface area (Å²) in [6, 6.07) is 0. The number of hydrogen-bond donors (Lipinski definition) is 1. The molecule has 0 spiro atoms. The van der Waals surface area contributed by atoms with E-state index in [4.69, 9.17) is 9.84 Å². The van der Waals surface area contributed by atoms with Crippen molar-refractivity contribution in [2.75, 3.05) is 26.8 Å². The monoisotopic (exact) mass is 243 g/mol. The quantitative estimate of drug-likeness (QED) is 0.755. The van der Waals surface area contributed by atoms with Gasteiger partial charge in [-0.05, 0) is 19.8 Å². The number of nitrogens with zero attached hydrogens (tertiary/aromatic N) is 1. The van der Waals surface area contributed by atoms with Gasteiger partial charge in [-0.2, -0.15) is 0 Å². The Labute approximate surface area is 102 Å². The van der Waals surface area contributed by atoms with Crippen molar-refractivity contribution >= 4 is 11.9 Å². The highest BCUT2D eigenvalue weighted by Gasteiger charge is 2.39. The molecule has 0 aliphatic heterocycles. The van der Waals surface area contributed by atoms with Gasteiger partial charge in [-0.1, -0.05) is 6.42 Å². The highest BCUT2D eigenvalue weighted by molar-refractivity contribution is 5.85. The fourth-order valence-corrected chi connectivity index (χ4v) is 2.41. The fourth-order valence-electron chi connectivity index (χ4n) is 2.41. The molecular formula is C12H21NO4. The summed E-state index contributed by atoms with van der Waals surface area (Å²) < 4.78 is 4.95. The molecule has 0 radical (unpaired) electrons. The Hall–Kier alpha value is -1.10. The Morgan fingerprint density at radius 2 is 2.00 bits per heavy atom. The van der Waals surface area contributed by atoms with Gasteiger partial charge in [0.25, 0.3) is 0 Å². The lowest BCUT2D eigenvalue weighted by molar-refractivity contribution is -0.149. The van der Waals surface area contributed by atoms with Crippen LogP contribution in [-0.4, -0.2) is 48.7 Å². The number of ether oxygens (including phenoxy) is 1. The van der Waals surface area contributed by atoms with Crippen molar-refractivity contribution in [1.82, 2.24) is 4.90 Å². The number of aliphatic carboxylic acids is 1. The minimum atomic E-state index is -0.844. The molecule has 0 aromatic heterocycles. The zero-order valence-electron chi connectivity index (χ0n) is 10.5. The van der Waals surface area contributed by atoms with E-state index in [0.29, 0.717) is 32.5 Å². The molecule has 1 aliphatic carbocycles. The van der Waals surface area contributed by atoms with Gasteiger partial charge in [0, 0.05) is 20.2 Å². The maximum atomic E-state index is 12.2. The lowest BCUT2D eigenvalue weighted by Gasteiger charge is -2.25. The number of carboxylic acid groups (broad SMARTS) is 1. The van der Waals surface area contributed by atoms with Crippen LogP contribution in [0.4, 0.5) is 0 Å². The average molecular weight is 243 g/mol. The molecule has 0 aromatic rings. The van der Waals surface area contributed by atoms with Crippen molar-refractivity contribution in [2.45, 2.75) is 26.2 Å². The number of carboxylic acids is 1. The second kappa shape index (κ2) is 6.59. The minimum absolute atomic E-state index is 0.0329. The van der Waals surface area contributed by atoms with Crippen LogP contribution in [0.15, 0.2) is 0 Å². The van der Waals surface area contributed by atoms with Crippen LogP contribution in [0, 0.1) is 11.8 Å². The first-order valence-electron chi connectivity index (χ1n) is 6.12. The van der Waals surface area contributed by atoms with Crippen molar-refractivity contribution in [3.63, 3.8) is 0 Å². The number of carbonyl (C=O) groups excluding carboxylic acids is 1. The first kappa shape index (κ1) is 14.0. The largest absolute Gasteiger partial charge is 0.481 e. The molecule has 1 saturated carbocycles. The van der Waals surface area contributed by atoms with E-state index in [-0.39, 0.29) is 11.8 Å². The number of likely N-dealkylation sites (N-methyl/N-ethyl adjacent to an activating group) is 1. The molecule has 2 atom stereocenters. The van der Waals surface area contributed by atoms with E-state index < -0.39 is 11.9 Å². The molecule has 2 unspecified atom stereocenters. The summed E-state index contributed by atoms with van der Waals surface area (Å²) in [4.78, 5) is 24.9. The summed E-state index contributed by atoms with van der Waals surface area (Å²) in [7, 11) is 1.59. The standard InChI is InChI=1S/C12H21NO4/c1-3-13(7-8-17-2)11(14)9-5-4-6-10(9)12(15)16/h9-10H,3-8H2,1-2H3,(H,15,16). The summed E-state index contributed by atoms with van der Waals surface area (Å²) in [5.74, 6) is -1.72. The number of methoxy groups -OCH3 is 1. The Bertz CT molecular complexity index is 280. The molecular weight excluding hydrogens is 222 g/mol. The lowest BCUT2D eigenvalue weighted by atomic mass is 9.95. The van der Waals surface area contributed by atoms with Crippen LogP contribution in [0.25, 0.3) is 0 Å². The second-order valence-electron chi connectivity index (χ2n) is 4.39. The van der Waals surface area contributed by atoms with Crippen molar-refractivity contribution in [3.05, 3.63) is 0 Å². The lowest BCUT2D eigenvalue weighted by Crippen LogP contribution is -2.40. The third-order valence-corrected chi connectivity index (χ3v) is 3.41. The molecule has 0 bridgehead atoms. The van der Waals surface area contributed by atoms with Crippen molar-refractivity contribution in [3.8, 4) is 0 Å². The van der Waals surface area contributed by atoms with Gasteiger partial charge in [-0.25, -0.2) is 0 Å². The molecule has 1 amide bonds. The second-order valence-corrected chi connectivity index (χ2v) is 4.39. The molecule has 1 aliphatic rings. The predicted octanol–water partition coefficient (Wildman–Crippen LogP) is 0.982. The van der Waals surface area contributed by atoms with Gasteiger partial charge in [-0.15, -0.1) is 0 Å². The van der Waals surface area contributed by atoms with Crippen LogP contribution in [0.1, 0.15) is 26.2 Å². The summed E-state index contributed by atoms with van der Waals surface area (Å²) in [6.45, 7) is 3.53. The third kappa shape index (κ3) is 3.43. The number of hydrogen-bond acceptors (Lipinski definition) is 3. The van der Waals surface area contributed by atoms with Crippen LogP contribution >= 0.6 is 0 Å². The van der Waals surface area contributed by atoms with E-state index >= 15 is 0 Å². The van der Waals surface area contributed by atoms with Crippen LogP contribution in [-0.2, 0) is 14.3 Å². The number of amides is 1. The van der Waals surface area contributed by atoms with Gasteiger partial charge in [-0.3, -0.25) is 9.59 Å². The normalized spacial score (nSPS) is 23.6. The maximum Gasteiger partial charge on any atom is 0.307 e. The van der Waals surface area contributed by atoms with E-state index in [9.17, 15) is 9.59 Å². The van der Waals surface area contributed by atoms with Crippen molar-refractivity contribution in [2.24, 2.45) is 11.8 Å².